The van der Waals surface area contributed by atoms with E-state index in [9.17, 15) is 10.1 Å². The highest BCUT2D eigenvalue weighted by atomic mass is 16.5. The van der Waals surface area contributed by atoms with Crippen LogP contribution in [-0.2, 0) is 11.2 Å². The molecule has 0 heterocycles. The normalized spacial score (nSPS) is 11.2. The molecule has 0 aliphatic carbocycles. The number of carbonyl (C=O) groups excluding carboxylic acids is 1. The highest BCUT2D eigenvalue weighted by molar-refractivity contribution is 5.94. The van der Waals surface area contributed by atoms with Gasteiger partial charge in [-0.3, -0.25) is 4.79 Å². The number of hydrogen-bond donors (Lipinski definition) is 1. The lowest BCUT2D eigenvalue weighted by Gasteiger charge is -2.13. The van der Waals surface area contributed by atoms with Gasteiger partial charge in [0.05, 0.1) is 20.3 Å². The van der Waals surface area contributed by atoms with Gasteiger partial charge in [0, 0.05) is 18.2 Å². The fourth-order valence-electron chi connectivity index (χ4n) is 2.22. The summed E-state index contributed by atoms with van der Waals surface area (Å²) in [6.07, 6.45) is 0.288. The van der Waals surface area contributed by atoms with E-state index < -0.39 is 5.92 Å². The molecule has 2 aromatic rings. The third-order valence-corrected chi connectivity index (χ3v) is 3.43. The summed E-state index contributed by atoms with van der Waals surface area (Å²) in [5, 5.41) is 12.1. The zero-order valence-corrected chi connectivity index (χ0v) is 13.1. The number of para-hydroxylation sites is 1. The van der Waals surface area contributed by atoms with E-state index in [4.69, 9.17) is 9.47 Å². The van der Waals surface area contributed by atoms with Crippen molar-refractivity contribution in [2.45, 2.75) is 6.42 Å². The molecule has 1 atom stereocenters. The molecule has 0 aromatic heterocycles. The molecule has 0 fully saturated rings. The van der Waals surface area contributed by atoms with Crippen LogP contribution < -0.4 is 14.8 Å². The molecule has 0 unspecified atom stereocenters. The second-order valence-electron chi connectivity index (χ2n) is 4.92. The van der Waals surface area contributed by atoms with Crippen molar-refractivity contribution < 1.29 is 14.3 Å². The van der Waals surface area contributed by atoms with Crippen LogP contribution in [0.15, 0.2) is 48.5 Å². The van der Waals surface area contributed by atoms with Gasteiger partial charge in [0.2, 0.25) is 5.91 Å². The molecule has 0 radical (unpaired) electrons. The van der Waals surface area contributed by atoms with Crippen LogP contribution in [0.3, 0.4) is 0 Å². The number of methoxy groups -OCH3 is 2. The average molecular weight is 310 g/mol. The average Bonchev–Trinajstić information content (AvgIpc) is 2.60. The summed E-state index contributed by atoms with van der Waals surface area (Å²) in [5.41, 5.74) is 1.41. The highest BCUT2D eigenvalue weighted by Gasteiger charge is 2.20. The Hall–Kier alpha value is -3.00. The number of anilines is 1. The first-order valence-corrected chi connectivity index (χ1v) is 7.14. The lowest BCUT2D eigenvalue weighted by atomic mass is 9.99. The molecule has 0 saturated heterocycles. The molecule has 0 saturated carbocycles. The summed E-state index contributed by atoms with van der Waals surface area (Å²) < 4.78 is 10.4. The summed E-state index contributed by atoms with van der Waals surface area (Å²) in [4.78, 5) is 12.3. The molecule has 118 valence electrons. The lowest BCUT2D eigenvalue weighted by molar-refractivity contribution is -0.118. The summed E-state index contributed by atoms with van der Waals surface area (Å²) in [5.74, 6) is 0.145. The van der Waals surface area contributed by atoms with E-state index in [1.165, 1.54) is 0 Å². The highest BCUT2D eigenvalue weighted by Crippen LogP contribution is 2.22. The predicted octanol–water partition coefficient (Wildman–Crippen LogP) is 3.02. The first-order chi connectivity index (χ1) is 11.2. The third-order valence-electron chi connectivity index (χ3n) is 3.43. The van der Waals surface area contributed by atoms with Gasteiger partial charge < -0.3 is 14.8 Å². The summed E-state index contributed by atoms with van der Waals surface area (Å²) in [6, 6.07) is 16.4. The molecule has 23 heavy (non-hydrogen) atoms. The van der Waals surface area contributed by atoms with E-state index in [0.29, 0.717) is 17.2 Å². The molecule has 5 heteroatoms. The van der Waals surface area contributed by atoms with Gasteiger partial charge in [-0.25, -0.2) is 0 Å². The maximum Gasteiger partial charge on any atom is 0.242 e. The smallest absolute Gasteiger partial charge is 0.242 e. The fraction of sp³-hybridized carbons (Fsp3) is 0.222. The van der Waals surface area contributed by atoms with Crippen molar-refractivity contribution in [1.82, 2.24) is 0 Å². The van der Waals surface area contributed by atoms with Crippen molar-refractivity contribution >= 4 is 11.6 Å². The summed E-state index contributed by atoms with van der Waals surface area (Å²) >= 11 is 0. The minimum atomic E-state index is -0.808. The molecular weight excluding hydrogens is 292 g/mol. The van der Waals surface area contributed by atoms with Gasteiger partial charge in [-0.05, 0) is 23.8 Å². The van der Waals surface area contributed by atoms with Crippen LogP contribution in [0.5, 0.6) is 11.5 Å². The maximum atomic E-state index is 12.3. The van der Waals surface area contributed by atoms with Crippen molar-refractivity contribution in [2.75, 3.05) is 19.5 Å². The van der Waals surface area contributed by atoms with Gasteiger partial charge in [0.15, 0.2) is 0 Å². The Balaban J connectivity index is 2.11. The second kappa shape index (κ2) is 7.85. The molecule has 0 aliphatic rings. The number of nitriles is 1. The number of hydrogen-bond acceptors (Lipinski definition) is 4. The van der Waals surface area contributed by atoms with Crippen LogP contribution in [0, 0.1) is 17.2 Å². The van der Waals surface area contributed by atoms with E-state index in [1.54, 1.807) is 38.5 Å². The van der Waals surface area contributed by atoms with E-state index >= 15 is 0 Å². The minimum absolute atomic E-state index is 0.288. The number of carbonyl (C=O) groups is 1. The van der Waals surface area contributed by atoms with E-state index in [1.807, 2.05) is 24.3 Å². The van der Waals surface area contributed by atoms with Crippen LogP contribution in [0.4, 0.5) is 5.69 Å². The molecular formula is C18H18N2O3. The molecule has 2 rings (SSSR count). The Morgan fingerprint density at radius 3 is 2.65 bits per heavy atom. The Morgan fingerprint density at radius 1 is 1.17 bits per heavy atom. The molecule has 1 amide bonds. The zero-order valence-electron chi connectivity index (χ0n) is 13.1. The number of amides is 1. The molecule has 2 aromatic carbocycles. The largest absolute Gasteiger partial charge is 0.497 e. The number of rotatable bonds is 6. The van der Waals surface area contributed by atoms with Gasteiger partial charge in [-0.2, -0.15) is 5.26 Å². The van der Waals surface area contributed by atoms with Crippen molar-refractivity contribution in [3.63, 3.8) is 0 Å². The van der Waals surface area contributed by atoms with Gasteiger partial charge in [-0.1, -0.05) is 24.3 Å². The maximum absolute atomic E-state index is 12.3. The first-order valence-electron chi connectivity index (χ1n) is 7.14. The van der Waals surface area contributed by atoms with Crippen LogP contribution in [0.2, 0.25) is 0 Å². The summed E-state index contributed by atoms with van der Waals surface area (Å²) in [6.45, 7) is 0. The molecule has 1 N–H and O–H groups in total. The number of nitrogens with zero attached hydrogens (tertiary/aromatic N) is 1. The predicted molar refractivity (Wildman–Crippen MR) is 87.4 cm³/mol. The van der Waals surface area contributed by atoms with Crippen molar-refractivity contribution in [3.05, 3.63) is 54.1 Å². The van der Waals surface area contributed by atoms with Gasteiger partial charge in [-0.15, -0.1) is 0 Å². The Kier molecular flexibility index (Phi) is 5.59. The SMILES string of the molecule is COc1cccc(NC(=O)[C@@H](C#N)Cc2ccccc2OC)c1. The van der Waals surface area contributed by atoms with Gasteiger partial charge in [0.25, 0.3) is 0 Å². The lowest BCUT2D eigenvalue weighted by Crippen LogP contribution is -2.23. The van der Waals surface area contributed by atoms with Crippen LogP contribution in [-0.4, -0.2) is 20.1 Å². The minimum Gasteiger partial charge on any atom is -0.497 e. The molecule has 0 aliphatic heterocycles. The number of nitrogens with one attached hydrogen (secondary N) is 1. The van der Waals surface area contributed by atoms with Gasteiger partial charge >= 0.3 is 0 Å². The molecule has 0 spiro atoms. The number of ether oxygens (including phenoxy) is 2. The fourth-order valence-corrected chi connectivity index (χ4v) is 2.22. The quantitative estimate of drug-likeness (QED) is 0.890. The summed E-state index contributed by atoms with van der Waals surface area (Å²) in [7, 11) is 3.12. The monoisotopic (exact) mass is 310 g/mol. The molecule has 5 nitrogen and oxygen atoms in total. The van der Waals surface area contributed by atoms with E-state index in [0.717, 1.165) is 5.56 Å². The standard InChI is InChI=1S/C18H18N2O3/c1-22-16-8-5-7-15(11-16)20-18(21)14(12-19)10-13-6-3-4-9-17(13)23-2/h3-9,11,14H,10H2,1-2H3,(H,20,21)/t14-/m1/s1. The van der Waals surface area contributed by atoms with E-state index in [-0.39, 0.29) is 12.3 Å². The van der Waals surface area contributed by atoms with Crippen LogP contribution in [0.1, 0.15) is 5.56 Å². The number of benzene rings is 2. The topological polar surface area (TPSA) is 71.3 Å². The van der Waals surface area contributed by atoms with Crippen LogP contribution in [0.25, 0.3) is 0 Å². The van der Waals surface area contributed by atoms with Crippen LogP contribution >= 0.6 is 0 Å². The van der Waals surface area contributed by atoms with Crippen molar-refractivity contribution in [1.29, 1.82) is 5.26 Å². The van der Waals surface area contributed by atoms with Gasteiger partial charge in [0.1, 0.15) is 17.4 Å². The third kappa shape index (κ3) is 4.24. The second-order valence-corrected chi connectivity index (χ2v) is 4.92. The Labute approximate surface area is 135 Å². The van der Waals surface area contributed by atoms with E-state index in [2.05, 4.69) is 11.4 Å². The van der Waals surface area contributed by atoms with Crippen molar-refractivity contribution in [2.24, 2.45) is 5.92 Å². The Morgan fingerprint density at radius 2 is 1.96 bits per heavy atom. The molecule has 0 bridgehead atoms. The Bertz CT molecular complexity index is 722. The van der Waals surface area contributed by atoms with Crippen molar-refractivity contribution in [3.8, 4) is 17.6 Å². The zero-order chi connectivity index (χ0) is 16.7. The first kappa shape index (κ1) is 16.4.